The molecule has 0 saturated heterocycles. The van der Waals surface area contributed by atoms with Crippen molar-refractivity contribution in [2.24, 2.45) is 10.2 Å². The summed E-state index contributed by atoms with van der Waals surface area (Å²) in [5.41, 5.74) is 1.56. The maximum Gasteiger partial charge on any atom is 0.261 e. The Bertz CT molecular complexity index is 1020. The van der Waals surface area contributed by atoms with Crippen LogP contribution >= 0.6 is 11.6 Å². The monoisotopic (exact) mass is 387 g/mol. The molecule has 0 aliphatic carbocycles. The molecular formula is C18H14ClN3O3S. The van der Waals surface area contributed by atoms with Crippen LogP contribution in [0.3, 0.4) is 0 Å². The molecule has 2 N–H and O–H groups in total. The number of nitrogens with zero attached hydrogens (tertiary/aromatic N) is 2. The molecule has 8 heteroatoms. The maximum absolute atomic E-state index is 12.3. The summed E-state index contributed by atoms with van der Waals surface area (Å²) < 4.78 is 27.1. The zero-order valence-corrected chi connectivity index (χ0v) is 14.9. The predicted octanol–water partition coefficient (Wildman–Crippen LogP) is 5.26. The SMILES string of the molecule is O=S(=O)(Nc1ccc(N=Nc2ccc(O)cc2)cc1)c1ccc(Cl)cc1. The largest absolute Gasteiger partial charge is 0.508 e. The molecule has 0 aliphatic rings. The molecular weight excluding hydrogens is 374 g/mol. The van der Waals surface area contributed by atoms with Gasteiger partial charge in [-0.3, -0.25) is 4.72 Å². The average Bonchev–Trinajstić information content (AvgIpc) is 2.62. The molecule has 132 valence electrons. The summed E-state index contributed by atoms with van der Waals surface area (Å²) in [6.07, 6.45) is 0. The van der Waals surface area contributed by atoms with Gasteiger partial charge in [0.1, 0.15) is 5.75 Å². The van der Waals surface area contributed by atoms with Crippen LogP contribution in [0.2, 0.25) is 5.02 Å². The molecule has 0 heterocycles. The van der Waals surface area contributed by atoms with Crippen LogP contribution in [0, 0.1) is 0 Å². The number of aromatic hydroxyl groups is 1. The molecule has 0 aliphatic heterocycles. The van der Waals surface area contributed by atoms with Gasteiger partial charge in [0.25, 0.3) is 10.0 Å². The van der Waals surface area contributed by atoms with E-state index in [1.54, 1.807) is 36.4 Å². The fraction of sp³-hybridized carbons (Fsp3) is 0. The van der Waals surface area contributed by atoms with Gasteiger partial charge in [0, 0.05) is 10.7 Å². The van der Waals surface area contributed by atoms with E-state index in [0.717, 1.165) is 0 Å². The van der Waals surface area contributed by atoms with E-state index in [4.69, 9.17) is 11.6 Å². The Morgan fingerprint density at radius 3 is 1.81 bits per heavy atom. The average molecular weight is 388 g/mol. The Hall–Kier alpha value is -2.90. The number of azo groups is 1. The molecule has 6 nitrogen and oxygen atoms in total. The fourth-order valence-corrected chi connectivity index (χ4v) is 3.24. The van der Waals surface area contributed by atoms with E-state index in [9.17, 15) is 13.5 Å². The lowest BCUT2D eigenvalue weighted by molar-refractivity contribution is 0.475. The van der Waals surface area contributed by atoms with Crippen LogP contribution in [0.25, 0.3) is 0 Å². The van der Waals surface area contributed by atoms with Gasteiger partial charge in [-0.2, -0.15) is 10.2 Å². The molecule has 0 unspecified atom stereocenters. The first-order chi connectivity index (χ1) is 12.4. The summed E-state index contributed by atoms with van der Waals surface area (Å²) in [6.45, 7) is 0. The van der Waals surface area contributed by atoms with Crippen molar-refractivity contribution in [2.75, 3.05) is 4.72 Å². The summed E-state index contributed by atoms with van der Waals surface area (Å²) >= 11 is 5.77. The third-order valence-electron chi connectivity index (χ3n) is 3.37. The number of phenolic OH excluding ortho intramolecular Hbond substituents is 1. The van der Waals surface area contributed by atoms with Crippen molar-refractivity contribution in [2.45, 2.75) is 4.90 Å². The second kappa shape index (κ2) is 7.55. The number of nitrogens with one attached hydrogen (secondary N) is 1. The molecule has 0 amide bonds. The maximum atomic E-state index is 12.3. The minimum Gasteiger partial charge on any atom is -0.508 e. The molecule has 0 radical (unpaired) electrons. The van der Waals surface area contributed by atoms with Crippen molar-refractivity contribution in [1.29, 1.82) is 0 Å². The highest BCUT2D eigenvalue weighted by atomic mass is 35.5. The lowest BCUT2D eigenvalue weighted by atomic mass is 10.3. The quantitative estimate of drug-likeness (QED) is 0.585. The Balaban J connectivity index is 1.71. The van der Waals surface area contributed by atoms with E-state index < -0.39 is 10.0 Å². The van der Waals surface area contributed by atoms with Crippen molar-refractivity contribution < 1.29 is 13.5 Å². The lowest BCUT2D eigenvalue weighted by Crippen LogP contribution is -2.12. The Morgan fingerprint density at radius 2 is 1.27 bits per heavy atom. The molecule has 0 aromatic heterocycles. The molecule has 3 rings (SSSR count). The molecule has 0 bridgehead atoms. The number of phenols is 1. The zero-order chi connectivity index (χ0) is 18.6. The van der Waals surface area contributed by atoms with E-state index in [1.165, 1.54) is 36.4 Å². The molecule has 0 spiro atoms. The third-order valence-corrected chi connectivity index (χ3v) is 5.02. The topological polar surface area (TPSA) is 91.1 Å². The van der Waals surface area contributed by atoms with Crippen LogP contribution in [0.1, 0.15) is 0 Å². The Morgan fingerprint density at radius 1 is 0.769 bits per heavy atom. The van der Waals surface area contributed by atoms with E-state index in [2.05, 4.69) is 15.0 Å². The van der Waals surface area contributed by atoms with Crippen molar-refractivity contribution in [3.8, 4) is 5.75 Å². The van der Waals surface area contributed by atoms with Crippen LogP contribution in [-0.2, 0) is 10.0 Å². The summed E-state index contributed by atoms with van der Waals surface area (Å²) in [4.78, 5) is 0.123. The molecule has 3 aromatic rings. The highest BCUT2D eigenvalue weighted by Crippen LogP contribution is 2.23. The molecule has 0 fully saturated rings. The van der Waals surface area contributed by atoms with Gasteiger partial charge in [-0.1, -0.05) is 11.6 Å². The number of sulfonamides is 1. The van der Waals surface area contributed by atoms with Crippen LogP contribution in [0.5, 0.6) is 5.75 Å². The van der Waals surface area contributed by atoms with Crippen LogP contribution < -0.4 is 4.72 Å². The van der Waals surface area contributed by atoms with E-state index >= 15 is 0 Å². The van der Waals surface area contributed by atoms with Crippen molar-refractivity contribution in [1.82, 2.24) is 0 Å². The standard InChI is InChI=1S/C18H14ClN3O3S/c19-13-1-11-18(12-2-13)26(24,25)22-16-5-3-14(4-6-16)20-21-15-7-9-17(23)10-8-15/h1-12,22-23H. The normalized spacial score (nSPS) is 11.6. The third kappa shape index (κ3) is 4.59. The highest BCUT2D eigenvalue weighted by Gasteiger charge is 2.13. The van der Waals surface area contributed by atoms with Gasteiger partial charge >= 0.3 is 0 Å². The van der Waals surface area contributed by atoms with Crippen LogP contribution in [0.4, 0.5) is 17.1 Å². The van der Waals surface area contributed by atoms with Gasteiger partial charge < -0.3 is 5.11 Å². The second-order valence-electron chi connectivity index (χ2n) is 5.32. The number of rotatable bonds is 5. The first kappa shape index (κ1) is 17.9. The molecule has 0 atom stereocenters. The predicted molar refractivity (Wildman–Crippen MR) is 101 cm³/mol. The van der Waals surface area contributed by atoms with Gasteiger partial charge in [-0.15, -0.1) is 0 Å². The van der Waals surface area contributed by atoms with Gasteiger partial charge in [-0.25, -0.2) is 8.42 Å². The zero-order valence-electron chi connectivity index (χ0n) is 13.4. The number of anilines is 1. The summed E-state index contributed by atoms with van der Waals surface area (Å²) in [6, 6.07) is 18.7. The van der Waals surface area contributed by atoms with Gasteiger partial charge in [-0.05, 0) is 72.8 Å². The lowest BCUT2D eigenvalue weighted by Gasteiger charge is -2.08. The summed E-state index contributed by atoms with van der Waals surface area (Å²) in [5.74, 6) is 0.154. The first-order valence-corrected chi connectivity index (χ1v) is 9.38. The number of hydrogen-bond donors (Lipinski definition) is 2. The van der Waals surface area contributed by atoms with E-state index in [0.29, 0.717) is 22.1 Å². The number of hydrogen-bond acceptors (Lipinski definition) is 5. The van der Waals surface area contributed by atoms with Gasteiger partial charge in [0.2, 0.25) is 0 Å². The minimum absolute atomic E-state index is 0.123. The smallest absolute Gasteiger partial charge is 0.261 e. The van der Waals surface area contributed by atoms with Crippen molar-refractivity contribution >= 4 is 38.7 Å². The minimum atomic E-state index is -3.69. The highest BCUT2D eigenvalue weighted by molar-refractivity contribution is 7.92. The van der Waals surface area contributed by atoms with Gasteiger partial charge in [0.15, 0.2) is 0 Å². The van der Waals surface area contributed by atoms with Crippen molar-refractivity contribution in [3.05, 3.63) is 77.8 Å². The Labute approximate surface area is 155 Å². The van der Waals surface area contributed by atoms with Crippen LogP contribution in [-0.4, -0.2) is 13.5 Å². The number of halogens is 1. The molecule has 0 saturated carbocycles. The van der Waals surface area contributed by atoms with Crippen LogP contribution in [0.15, 0.2) is 87.9 Å². The fourth-order valence-electron chi connectivity index (χ4n) is 2.06. The first-order valence-electron chi connectivity index (χ1n) is 7.52. The molecule has 3 aromatic carbocycles. The van der Waals surface area contributed by atoms with E-state index in [-0.39, 0.29) is 10.6 Å². The molecule has 26 heavy (non-hydrogen) atoms. The van der Waals surface area contributed by atoms with E-state index in [1.807, 2.05) is 0 Å². The van der Waals surface area contributed by atoms with Crippen molar-refractivity contribution in [3.63, 3.8) is 0 Å². The summed E-state index contributed by atoms with van der Waals surface area (Å²) in [5, 5.41) is 17.8. The summed E-state index contributed by atoms with van der Waals surface area (Å²) in [7, 11) is -3.69. The van der Waals surface area contributed by atoms with Gasteiger partial charge in [0.05, 0.1) is 16.3 Å². The number of benzene rings is 3. The Kier molecular flexibility index (Phi) is 5.20. The second-order valence-corrected chi connectivity index (χ2v) is 7.44.